The molecule has 0 aliphatic carbocycles. The van der Waals surface area contributed by atoms with Gasteiger partial charge < -0.3 is 14.6 Å². The Balaban J connectivity index is 1.81. The van der Waals surface area contributed by atoms with Crippen LogP contribution in [0.4, 0.5) is 11.5 Å². The fourth-order valence-electron chi connectivity index (χ4n) is 2.76. The van der Waals surface area contributed by atoms with Gasteiger partial charge in [-0.3, -0.25) is 4.79 Å². The molecular formula is C16H20N4O2. The van der Waals surface area contributed by atoms with E-state index in [4.69, 9.17) is 4.42 Å². The Morgan fingerprint density at radius 3 is 2.86 bits per heavy atom. The zero-order valence-corrected chi connectivity index (χ0v) is 12.9. The monoisotopic (exact) mass is 300 g/mol. The topological polar surface area (TPSA) is 71.3 Å². The van der Waals surface area contributed by atoms with Crippen LogP contribution in [-0.4, -0.2) is 29.0 Å². The predicted octanol–water partition coefficient (Wildman–Crippen LogP) is 2.79. The van der Waals surface area contributed by atoms with Crippen molar-refractivity contribution in [3.63, 3.8) is 0 Å². The Morgan fingerprint density at radius 2 is 2.18 bits per heavy atom. The lowest BCUT2D eigenvalue weighted by molar-refractivity contribution is 0.0995. The summed E-state index contributed by atoms with van der Waals surface area (Å²) in [5.74, 6) is 1.68. The predicted molar refractivity (Wildman–Crippen MR) is 84.3 cm³/mol. The SMILES string of the molecule is CCc1oc(C(=O)Nc2cncnc2N2CCCC2)cc1C. The average molecular weight is 300 g/mol. The molecule has 6 heteroatoms. The van der Waals surface area contributed by atoms with Crippen LogP contribution in [0.3, 0.4) is 0 Å². The number of amides is 1. The highest BCUT2D eigenvalue weighted by Gasteiger charge is 2.20. The van der Waals surface area contributed by atoms with Gasteiger partial charge in [-0.05, 0) is 31.4 Å². The molecular weight excluding hydrogens is 280 g/mol. The van der Waals surface area contributed by atoms with Gasteiger partial charge in [-0.1, -0.05) is 6.92 Å². The number of rotatable bonds is 4. The van der Waals surface area contributed by atoms with Crippen LogP contribution in [0.5, 0.6) is 0 Å². The van der Waals surface area contributed by atoms with E-state index in [1.807, 2.05) is 13.8 Å². The normalized spacial score (nSPS) is 14.4. The molecule has 6 nitrogen and oxygen atoms in total. The third kappa shape index (κ3) is 2.81. The molecule has 0 bridgehead atoms. The number of aromatic nitrogens is 2. The van der Waals surface area contributed by atoms with Gasteiger partial charge in [-0.25, -0.2) is 9.97 Å². The molecule has 1 N–H and O–H groups in total. The van der Waals surface area contributed by atoms with Gasteiger partial charge in [0, 0.05) is 19.5 Å². The number of carbonyl (C=O) groups is 1. The van der Waals surface area contributed by atoms with Crippen molar-refractivity contribution in [1.82, 2.24) is 9.97 Å². The van der Waals surface area contributed by atoms with Gasteiger partial charge >= 0.3 is 0 Å². The quantitative estimate of drug-likeness (QED) is 0.940. The molecule has 116 valence electrons. The van der Waals surface area contributed by atoms with Crippen molar-refractivity contribution < 1.29 is 9.21 Å². The second-order valence-electron chi connectivity index (χ2n) is 5.48. The lowest BCUT2D eigenvalue weighted by atomic mass is 10.2. The van der Waals surface area contributed by atoms with Crippen LogP contribution in [0, 0.1) is 6.92 Å². The minimum absolute atomic E-state index is 0.266. The van der Waals surface area contributed by atoms with Crippen LogP contribution in [0.25, 0.3) is 0 Å². The highest BCUT2D eigenvalue weighted by Crippen LogP contribution is 2.26. The summed E-state index contributed by atoms with van der Waals surface area (Å²) in [4.78, 5) is 22.9. The third-order valence-corrected chi connectivity index (χ3v) is 3.91. The molecule has 0 radical (unpaired) electrons. The minimum Gasteiger partial charge on any atom is -0.456 e. The van der Waals surface area contributed by atoms with Crippen molar-refractivity contribution in [2.45, 2.75) is 33.1 Å². The van der Waals surface area contributed by atoms with E-state index in [2.05, 4.69) is 20.2 Å². The summed E-state index contributed by atoms with van der Waals surface area (Å²) >= 11 is 0. The van der Waals surface area contributed by atoms with Gasteiger partial charge in [-0.15, -0.1) is 0 Å². The first-order valence-electron chi connectivity index (χ1n) is 7.64. The van der Waals surface area contributed by atoms with E-state index in [0.717, 1.165) is 49.5 Å². The van der Waals surface area contributed by atoms with Gasteiger partial charge in [0.1, 0.15) is 17.8 Å². The van der Waals surface area contributed by atoms with Crippen molar-refractivity contribution in [3.05, 3.63) is 35.7 Å². The summed E-state index contributed by atoms with van der Waals surface area (Å²) in [5, 5.41) is 2.87. The minimum atomic E-state index is -0.266. The van der Waals surface area contributed by atoms with Gasteiger partial charge in [0.2, 0.25) is 0 Å². The molecule has 0 saturated carbocycles. The first-order valence-corrected chi connectivity index (χ1v) is 7.64. The van der Waals surface area contributed by atoms with E-state index in [1.165, 1.54) is 6.33 Å². The molecule has 1 aliphatic rings. The first kappa shape index (κ1) is 14.6. The van der Waals surface area contributed by atoms with Crippen LogP contribution < -0.4 is 10.2 Å². The maximum Gasteiger partial charge on any atom is 0.291 e. The smallest absolute Gasteiger partial charge is 0.291 e. The number of nitrogens with zero attached hydrogens (tertiary/aromatic N) is 3. The summed E-state index contributed by atoms with van der Waals surface area (Å²) in [7, 11) is 0. The molecule has 0 unspecified atom stereocenters. The highest BCUT2D eigenvalue weighted by molar-refractivity contribution is 6.03. The Hall–Kier alpha value is -2.37. The molecule has 0 spiro atoms. The molecule has 22 heavy (non-hydrogen) atoms. The Morgan fingerprint density at radius 1 is 1.41 bits per heavy atom. The van der Waals surface area contributed by atoms with Crippen LogP contribution >= 0.6 is 0 Å². The van der Waals surface area contributed by atoms with Crippen molar-refractivity contribution >= 4 is 17.4 Å². The number of aryl methyl sites for hydroxylation is 2. The molecule has 1 fully saturated rings. The molecule has 3 rings (SSSR count). The number of carbonyl (C=O) groups excluding carboxylic acids is 1. The number of hydrogen-bond donors (Lipinski definition) is 1. The molecule has 3 heterocycles. The van der Waals surface area contributed by atoms with Crippen molar-refractivity contribution in [1.29, 1.82) is 0 Å². The molecule has 1 aliphatic heterocycles. The van der Waals surface area contributed by atoms with Gasteiger partial charge in [0.25, 0.3) is 5.91 Å². The van der Waals surface area contributed by atoms with Crippen LogP contribution in [0.2, 0.25) is 0 Å². The fourth-order valence-corrected chi connectivity index (χ4v) is 2.76. The number of hydrogen-bond acceptors (Lipinski definition) is 5. The zero-order chi connectivity index (χ0) is 15.5. The largest absolute Gasteiger partial charge is 0.456 e. The maximum atomic E-state index is 12.4. The Bertz CT molecular complexity index is 675. The third-order valence-electron chi connectivity index (χ3n) is 3.91. The summed E-state index contributed by atoms with van der Waals surface area (Å²) in [5.41, 5.74) is 1.62. The molecule has 2 aromatic rings. The second-order valence-corrected chi connectivity index (χ2v) is 5.48. The Kier molecular flexibility index (Phi) is 4.09. The molecule has 1 amide bonds. The van der Waals surface area contributed by atoms with Crippen LogP contribution in [-0.2, 0) is 6.42 Å². The van der Waals surface area contributed by atoms with E-state index in [-0.39, 0.29) is 5.91 Å². The van der Waals surface area contributed by atoms with E-state index in [1.54, 1.807) is 12.3 Å². The average Bonchev–Trinajstić information content (AvgIpc) is 3.17. The highest BCUT2D eigenvalue weighted by atomic mass is 16.4. The maximum absolute atomic E-state index is 12.4. The van der Waals surface area contributed by atoms with Crippen LogP contribution in [0.15, 0.2) is 23.0 Å². The Labute approximate surface area is 129 Å². The summed E-state index contributed by atoms with van der Waals surface area (Å²) in [6.07, 6.45) is 6.21. The van der Waals surface area contributed by atoms with Gasteiger partial charge in [-0.2, -0.15) is 0 Å². The van der Waals surface area contributed by atoms with E-state index in [9.17, 15) is 4.79 Å². The number of furan rings is 1. The second kappa shape index (κ2) is 6.17. The molecule has 2 aromatic heterocycles. The zero-order valence-electron chi connectivity index (χ0n) is 12.9. The standard InChI is InChI=1S/C16H20N4O2/c1-3-13-11(2)8-14(22-13)16(21)19-12-9-17-10-18-15(12)20-6-4-5-7-20/h8-10H,3-7H2,1-2H3,(H,19,21). The van der Waals surface area contributed by atoms with Crippen LogP contribution in [0.1, 0.15) is 41.6 Å². The van der Waals surface area contributed by atoms with E-state index < -0.39 is 0 Å². The lowest BCUT2D eigenvalue weighted by Crippen LogP contribution is -2.22. The van der Waals surface area contributed by atoms with E-state index >= 15 is 0 Å². The summed E-state index contributed by atoms with van der Waals surface area (Å²) < 4.78 is 5.60. The van der Waals surface area contributed by atoms with Gasteiger partial charge in [0.15, 0.2) is 11.6 Å². The number of anilines is 2. The van der Waals surface area contributed by atoms with Crippen molar-refractivity contribution in [2.75, 3.05) is 23.3 Å². The summed E-state index contributed by atoms with van der Waals surface area (Å²) in [6.45, 7) is 5.86. The number of nitrogens with one attached hydrogen (secondary N) is 1. The molecule has 0 atom stereocenters. The molecule has 1 saturated heterocycles. The first-order chi connectivity index (χ1) is 10.7. The van der Waals surface area contributed by atoms with E-state index in [0.29, 0.717) is 11.4 Å². The molecule has 0 aromatic carbocycles. The van der Waals surface area contributed by atoms with Crippen molar-refractivity contribution in [3.8, 4) is 0 Å². The lowest BCUT2D eigenvalue weighted by Gasteiger charge is -2.19. The van der Waals surface area contributed by atoms with Crippen molar-refractivity contribution in [2.24, 2.45) is 0 Å². The van der Waals surface area contributed by atoms with Gasteiger partial charge in [0.05, 0.1) is 6.20 Å². The summed E-state index contributed by atoms with van der Waals surface area (Å²) in [6, 6.07) is 1.77. The fraction of sp³-hybridized carbons (Fsp3) is 0.438.